The molecule has 0 saturated heterocycles. The molecule has 204 valence electrons. The van der Waals surface area contributed by atoms with Gasteiger partial charge in [-0.1, -0.05) is 39.0 Å². The Morgan fingerprint density at radius 2 is 1.70 bits per heavy atom. The van der Waals surface area contributed by atoms with Gasteiger partial charge in [0.15, 0.2) is 0 Å². The van der Waals surface area contributed by atoms with Crippen molar-refractivity contribution in [1.82, 2.24) is 20.3 Å². The number of aryl methyl sites for hydroxylation is 1. The van der Waals surface area contributed by atoms with Gasteiger partial charge in [-0.05, 0) is 35.6 Å². The normalized spacial score (nSPS) is 12.6. The topological polar surface area (TPSA) is 127 Å². The molecule has 1 unspecified atom stereocenters. The summed E-state index contributed by atoms with van der Waals surface area (Å²) < 4.78 is 21.5. The molecule has 0 spiro atoms. The number of phenols is 1. The summed E-state index contributed by atoms with van der Waals surface area (Å²) in [7, 11) is 7.59. The van der Waals surface area contributed by atoms with E-state index in [1.54, 1.807) is 0 Å². The minimum absolute atomic E-state index is 0.0429. The molecule has 2 aromatic carbocycles. The van der Waals surface area contributed by atoms with Crippen molar-refractivity contribution in [3.63, 3.8) is 0 Å². The predicted octanol–water partition coefficient (Wildman–Crippen LogP) is 3.34. The molecule has 3 aromatic rings. The minimum atomic E-state index is -2.07. The van der Waals surface area contributed by atoms with Crippen molar-refractivity contribution in [3.8, 4) is 11.4 Å². The van der Waals surface area contributed by atoms with Crippen LogP contribution < -0.4 is 5.32 Å². The molecule has 1 heterocycles. The van der Waals surface area contributed by atoms with Crippen LogP contribution in [-0.2, 0) is 32.2 Å². The lowest BCUT2D eigenvalue weighted by atomic mass is 9.84. The molecule has 1 amide bonds. The third-order valence-corrected chi connectivity index (χ3v) is 5.86. The van der Waals surface area contributed by atoms with Crippen molar-refractivity contribution < 1.29 is 27.3 Å². The van der Waals surface area contributed by atoms with Crippen LogP contribution in [0.1, 0.15) is 44.7 Å². The highest BCUT2D eigenvalue weighted by Crippen LogP contribution is 2.36. The molecule has 0 fully saturated rings. The average Bonchev–Trinajstić information content (AvgIpc) is 3.24. The number of aromatic nitrogens is 3. The van der Waals surface area contributed by atoms with Crippen molar-refractivity contribution in [1.29, 1.82) is 0 Å². The van der Waals surface area contributed by atoms with E-state index in [1.165, 1.54) is 4.80 Å². The third kappa shape index (κ3) is 9.84. The summed E-state index contributed by atoms with van der Waals surface area (Å²) in [5, 5.41) is 23.1. The maximum absolute atomic E-state index is 12.4. The van der Waals surface area contributed by atoms with Crippen LogP contribution in [0, 0.1) is 0 Å². The van der Waals surface area contributed by atoms with Crippen molar-refractivity contribution in [3.05, 3.63) is 47.5 Å². The summed E-state index contributed by atoms with van der Waals surface area (Å²) in [6.45, 7) is 7.88. The Morgan fingerprint density at radius 1 is 1.14 bits per heavy atom. The molecule has 3 rings (SSSR count). The van der Waals surface area contributed by atoms with Crippen molar-refractivity contribution >= 4 is 28.3 Å². The molecule has 10 nitrogen and oxygen atoms in total. The van der Waals surface area contributed by atoms with Crippen LogP contribution in [0.3, 0.4) is 0 Å². The number of benzene rings is 2. The number of nitrogens with one attached hydrogen (secondary N) is 1. The smallest absolute Gasteiger partial charge is 0.301 e. The van der Waals surface area contributed by atoms with Gasteiger partial charge in [0.2, 0.25) is 5.91 Å². The number of carbonyl (C=O) groups excluding carboxylic acids is 1. The molecule has 0 aliphatic heterocycles. The molecule has 1 atom stereocenters. The molecule has 0 aliphatic carbocycles. The van der Waals surface area contributed by atoms with Crippen LogP contribution in [0.2, 0.25) is 0 Å². The number of amides is 1. The number of phenolic OH excluding ortho intramolecular Hbond substituents is 1. The Balaban J connectivity index is 0.000000877. The Hall–Kier alpha value is -2.86. The first kappa shape index (κ1) is 30.4. The first-order chi connectivity index (χ1) is 17.2. The van der Waals surface area contributed by atoms with E-state index in [4.69, 9.17) is 4.55 Å². The molecule has 11 heteroatoms. The zero-order valence-electron chi connectivity index (χ0n) is 22.8. The molecule has 3 N–H and O–H groups in total. The molecule has 0 saturated carbocycles. The quantitative estimate of drug-likeness (QED) is 0.218. The molecule has 37 heavy (non-hydrogen) atoms. The highest BCUT2D eigenvalue weighted by Gasteiger charge is 2.23. The maximum atomic E-state index is 12.4. The van der Waals surface area contributed by atoms with Gasteiger partial charge in [-0.25, -0.2) is 0 Å². The van der Waals surface area contributed by atoms with Crippen molar-refractivity contribution in [2.75, 3.05) is 41.3 Å². The van der Waals surface area contributed by atoms with Gasteiger partial charge in [0.05, 0.1) is 34.8 Å². The second kappa shape index (κ2) is 13.1. The zero-order valence-corrected chi connectivity index (χ0v) is 23.6. The number of hydrogen-bond donors (Lipinski definition) is 3. The van der Waals surface area contributed by atoms with Gasteiger partial charge in [0.25, 0.3) is 0 Å². The molecule has 0 bridgehead atoms. The number of carbonyl (C=O) groups is 1. The molecule has 0 radical (unpaired) electrons. The Labute approximate surface area is 221 Å². The highest BCUT2D eigenvalue weighted by molar-refractivity contribution is 7.74. The number of rotatable bonds is 9. The lowest BCUT2D eigenvalue weighted by molar-refractivity contribution is -0.870. The first-order valence-electron chi connectivity index (χ1n) is 12.1. The van der Waals surface area contributed by atoms with Gasteiger partial charge in [-0.15, -0.1) is 15.0 Å². The van der Waals surface area contributed by atoms with Crippen molar-refractivity contribution in [2.45, 2.75) is 45.4 Å². The summed E-state index contributed by atoms with van der Waals surface area (Å²) in [6, 6.07) is 11.5. The fourth-order valence-corrected chi connectivity index (χ4v) is 3.64. The fraction of sp³-hybridized carbons (Fsp3) is 0.500. The fourth-order valence-electron chi connectivity index (χ4n) is 3.64. The van der Waals surface area contributed by atoms with Crippen LogP contribution in [-0.4, -0.2) is 80.6 Å². The molecular formula is C26H40N5O5S+. The highest BCUT2D eigenvalue weighted by atomic mass is 32.2. The van der Waals surface area contributed by atoms with Gasteiger partial charge in [0.1, 0.15) is 22.5 Å². The van der Waals surface area contributed by atoms with E-state index in [1.807, 2.05) is 36.4 Å². The largest absolute Gasteiger partial charge is 0.505 e. The summed E-state index contributed by atoms with van der Waals surface area (Å²) >= 11 is -2.07. The van der Waals surface area contributed by atoms with Crippen LogP contribution in [0.5, 0.6) is 5.75 Å². The summed E-state index contributed by atoms with van der Waals surface area (Å²) in [4.78, 5) is 13.9. The number of nitrogens with zero attached hydrogens (tertiary/aromatic N) is 4. The number of hydrogen-bond acceptors (Lipinski definition) is 6. The van der Waals surface area contributed by atoms with E-state index < -0.39 is 11.4 Å². The van der Waals surface area contributed by atoms with E-state index in [9.17, 15) is 14.1 Å². The van der Waals surface area contributed by atoms with Gasteiger partial charge in [-0.3, -0.25) is 13.5 Å². The average molecular weight is 535 g/mol. The lowest BCUT2D eigenvalue weighted by Gasteiger charge is -2.23. The summed E-state index contributed by atoms with van der Waals surface area (Å²) in [6.07, 6.45) is 1.93. The van der Waals surface area contributed by atoms with Gasteiger partial charge in [0, 0.05) is 24.9 Å². The van der Waals surface area contributed by atoms with E-state index >= 15 is 0 Å². The van der Waals surface area contributed by atoms with Gasteiger partial charge >= 0.3 is 11.4 Å². The van der Waals surface area contributed by atoms with E-state index in [2.05, 4.69) is 61.6 Å². The van der Waals surface area contributed by atoms with Gasteiger partial charge < -0.3 is 14.9 Å². The SMILES string of the molecule is CC(C)(C)c1cc(CCC(=O)NCCC[N+](C)(C)C)cc(-n2nc3ccccc3n2)c1O.COS(=O)O. The van der Waals surface area contributed by atoms with E-state index in [0.29, 0.717) is 25.1 Å². The second-order valence-corrected chi connectivity index (χ2v) is 11.6. The summed E-state index contributed by atoms with van der Waals surface area (Å²) in [5.41, 5.74) is 3.59. The third-order valence-electron chi connectivity index (χ3n) is 5.57. The number of quaternary nitrogens is 1. The minimum Gasteiger partial charge on any atom is -0.505 e. The standard InChI is InChI=1S/C25H35N5O2.CH4O3S/c1-25(2,3)19-16-18(12-13-23(31)26-14-9-15-30(4,5)6)17-22(24(19)32)29-27-20-10-7-8-11-21(20)28-29;1-4-5(2)3/h7-8,10-11,16-17H,9,12-15H2,1-6H3,(H-,26,31,32);1H3,(H,2,3)/p+1. The Kier molecular flexibility index (Phi) is 10.7. The van der Waals surface area contributed by atoms with Crippen LogP contribution >= 0.6 is 0 Å². The van der Waals surface area contributed by atoms with Crippen LogP contribution in [0.15, 0.2) is 36.4 Å². The monoisotopic (exact) mass is 534 g/mol. The second-order valence-electron chi connectivity index (χ2n) is 10.8. The molecular weight excluding hydrogens is 494 g/mol. The van der Waals surface area contributed by atoms with E-state index in [-0.39, 0.29) is 17.1 Å². The predicted molar refractivity (Wildman–Crippen MR) is 146 cm³/mol. The Morgan fingerprint density at radius 3 is 2.19 bits per heavy atom. The molecule has 1 aromatic heterocycles. The number of fused-ring (bicyclic) bond motifs is 1. The van der Waals surface area contributed by atoms with Crippen molar-refractivity contribution in [2.24, 2.45) is 0 Å². The van der Waals surface area contributed by atoms with Gasteiger partial charge in [-0.2, -0.15) is 4.21 Å². The Bertz CT molecular complexity index is 1180. The van der Waals surface area contributed by atoms with E-state index in [0.717, 1.165) is 46.7 Å². The number of aromatic hydroxyl groups is 1. The molecule has 0 aliphatic rings. The van der Waals surface area contributed by atoms with Crippen LogP contribution in [0.25, 0.3) is 16.7 Å². The zero-order chi connectivity index (χ0) is 27.8. The summed E-state index contributed by atoms with van der Waals surface area (Å²) in [5.74, 6) is 0.215. The van der Waals surface area contributed by atoms with Crippen LogP contribution in [0.4, 0.5) is 0 Å². The maximum Gasteiger partial charge on any atom is 0.301 e. The first-order valence-corrected chi connectivity index (χ1v) is 13.2. The lowest BCUT2D eigenvalue weighted by Crippen LogP contribution is -2.37.